The van der Waals surface area contributed by atoms with Gasteiger partial charge in [-0.3, -0.25) is 4.98 Å². The first-order valence-electron chi connectivity index (χ1n) is 14.9. The van der Waals surface area contributed by atoms with E-state index in [1.54, 1.807) is 0 Å². The van der Waals surface area contributed by atoms with Crippen LogP contribution in [0.15, 0.2) is 150 Å². The van der Waals surface area contributed by atoms with E-state index in [4.69, 9.17) is 24.4 Å². The molecule has 0 saturated heterocycles. The lowest BCUT2D eigenvalue weighted by atomic mass is 10.0. The topological polar surface area (TPSA) is 64.7 Å². The van der Waals surface area contributed by atoms with Gasteiger partial charge in [0, 0.05) is 39.0 Å². The molecule has 0 aliphatic heterocycles. The lowest BCUT2D eigenvalue weighted by Crippen LogP contribution is -1.94. The molecular weight excluding hydrogens is 552 g/mol. The van der Waals surface area contributed by atoms with Gasteiger partial charge in [-0.2, -0.15) is 0 Å². The Balaban J connectivity index is 1.09. The molecule has 4 heterocycles. The van der Waals surface area contributed by atoms with Crippen molar-refractivity contribution in [1.29, 1.82) is 0 Å². The molecule has 0 saturated carbocycles. The van der Waals surface area contributed by atoms with Crippen molar-refractivity contribution in [1.82, 2.24) is 19.9 Å². The van der Waals surface area contributed by atoms with E-state index in [0.717, 1.165) is 72.1 Å². The quantitative estimate of drug-likeness (QED) is 0.195. The first-order valence-corrected chi connectivity index (χ1v) is 14.9. The Kier molecular flexibility index (Phi) is 5.74. The molecule has 4 aromatic heterocycles. The van der Waals surface area contributed by atoms with Crippen LogP contribution in [0.5, 0.6) is 0 Å². The monoisotopic (exact) mass is 576 g/mol. The Bertz CT molecular complexity index is 2520. The normalized spacial score (nSPS) is 11.6. The van der Waals surface area contributed by atoms with Gasteiger partial charge >= 0.3 is 0 Å². The molecule has 45 heavy (non-hydrogen) atoms. The van der Waals surface area contributed by atoms with Gasteiger partial charge in [0.05, 0.1) is 16.9 Å². The molecule has 0 bridgehead atoms. The highest BCUT2D eigenvalue weighted by Crippen LogP contribution is 2.36. The van der Waals surface area contributed by atoms with Crippen molar-refractivity contribution in [3.63, 3.8) is 0 Å². The zero-order valence-electron chi connectivity index (χ0n) is 24.1. The maximum atomic E-state index is 6.26. The fourth-order valence-corrected chi connectivity index (χ4v) is 6.13. The zero-order chi connectivity index (χ0) is 29.7. The van der Waals surface area contributed by atoms with Gasteiger partial charge in [-0.05, 0) is 35.2 Å². The average Bonchev–Trinajstić information content (AvgIpc) is 3.50. The van der Waals surface area contributed by atoms with Gasteiger partial charge in [-0.15, -0.1) is 0 Å². The van der Waals surface area contributed by atoms with Crippen LogP contribution in [-0.4, -0.2) is 19.9 Å². The van der Waals surface area contributed by atoms with Crippen LogP contribution < -0.4 is 0 Å². The van der Waals surface area contributed by atoms with Crippen molar-refractivity contribution in [3.05, 3.63) is 146 Å². The summed E-state index contributed by atoms with van der Waals surface area (Å²) in [6.07, 6.45) is 1.92. The van der Waals surface area contributed by atoms with Crippen molar-refractivity contribution in [2.75, 3.05) is 0 Å². The highest BCUT2D eigenvalue weighted by molar-refractivity contribution is 6.10. The van der Waals surface area contributed by atoms with Gasteiger partial charge in [0.1, 0.15) is 16.8 Å². The molecule has 0 fully saturated rings. The fraction of sp³-hybridized carbons (Fsp3) is 0. The molecule has 5 aromatic carbocycles. The van der Waals surface area contributed by atoms with Crippen LogP contribution >= 0.6 is 0 Å². The Labute approximate surface area is 258 Å². The molecule has 210 valence electrons. The summed E-state index contributed by atoms with van der Waals surface area (Å²) in [7, 11) is 0. The smallest absolute Gasteiger partial charge is 0.180 e. The summed E-state index contributed by atoms with van der Waals surface area (Å²) in [6.45, 7) is 0. The molecule has 0 atom stereocenters. The molecule has 9 rings (SSSR count). The Morgan fingerprint density at radius 2 is 1.09 bits per heavy atom. The highest BCUT2D eigenvalue weighted by Gasteiger charge is 2.18. The first-order chi connectivity index (χ1) is 22.3. The Morgan fingerprint density at radius 1 is 0.422 bits per heavy atom. The largest absolute Gasteiger partial charge is 0.452 e. The number of fused-ring (bicyclic) bond motifs is 6. The summed E-state index contributed by atoms with van der Waals surface area (Å²) < 4.78 is 6.26. The van der Waals surface area contributed by atoms with E-state index in [0.29, 0.717) is 11.4 Å². The SMILES string of the molecule is c1ccc(-c2nc(-c3ccc(-c4ccc(-c5nc6ccccc6c6ccccc56)nc4)cc3)nc3c2oc2ccccc23)cc1. The number of para-hydroxylation sites is 2. The lowest BCUT2D eigenvalue weighted by Gasteiger charge is -2.10. The molecule has 5 nitrogen and oxygen atoms in total. The molecule has 0 amide bonds. The number of rotatable bonds is 4. The summed E-state index contributed by atoms with van der Waals surface area (Å²) in [5.41, 5.74) is 9.80. The lowest BCUT2D eigenvalue weighted by molar-refractivity contribution is 0.667. The maximum absolute atomic E-state index is 6.26. The third kappa shape index (κ3) is 4.25. The second-order valence-corrected chi connectivity index (χ2v) is 11.1. The van der Waals surface area contributed by atoms with Crippen LogP contribution in [-0.2, 0) is 0 Å². The molecule has 0 N–H and O–H groups in total. The zero-order valence-corrected chi connectivity index (χ0v) is 24.1. The standard InChI is InChI=1S/C40H24N4O/c1-2-10-26(11-3-1)36-39-38(32-15-7-9-17-35(32)45-39)44-40(43-36)27-20-18-25(19-21-27)28-22-23-34(41-24-28)37-31-14-5-4-12-29(31)30-13-6-8-16-33(30)42-37/h1-24H. The maximum Gasteiger partial charge on any atom is 0.180 e. The number of furan rings is 1. The van der Waals surface area contributed by atoms with E-state index in [2.05, 4.69) is 91.0 Å². The molecule has 5 heteroatoms. The third-order valence-corrected chi connectivity index (χ3v) is 8.36. The van der Waals surface area contributed by atoms with Crippen LogP contribution in [0.2, 0.25) is 0 Å². The number of nitrogens with zero attached hydrogens (tertiary/aromatic N) is 4. The van der Waals surface area contributed by atoms with Crippen molar-refractivity contribution < 1.29 is 4.42 Å². The van der Waals surface area contributed by atoms with E-state index >= 15 is 0 Å². The Hall–Kier alpha value is -6.20. The van der Waals surface area contributed by atoms with Crippen LogP contribution in [0, 0.1) is 0 Å². The summed E-state index contributed by atoms with van der Waals surface area (Å²) in [5, 5.41) is 4.40. The van der Waals surface area contributed by atoms with Gasteiger partial charge in [0.25, 0.3) is 0 Å². The van der Waals surface area contributed by atoms with Crippen LogP contribution in [0.4, 0.5) is 0 Å². The summed E-state index contributed by atoms with van der Waals surface area (Å²) in [4.78, 5) is 19.9. The molecular formula is C40H24N4O. The minimum absolute atomic E-state index is 0.655. The summed E-state index contributed by atoms with van der Waals surface area (Å²) in [5.74, 6) is 0.655. The predicted molar refractivity (Wildman–Crippen MR) is 182 cm³/mol. The van der Waals surface area contributed by atoms with Gasteiger partial charge in [-0.1, -0.05) is 115 Å². The predicted octanol–water partition coefficient (Wildman–Crippen LogP) is 10.1. The van der Waals surface area contributed by atoms with Crippen molar-refractivity contribution in [2.45, 2.75) is 0 Å². The number of hydrogen-bond donors (Lipinski definition) is 0. The van der Waals surface area contributed by atoms with Gasteiger partial charge in [0.15, 0.2) is 11.4 Å². The Morgan fingerprint density at radius 3 is 1.89 bits per heavy atom. The molecule has 0 aliphatic rings. The minimum atomic E-state index is 0.655. The van der Waals surface area contributed by atoms with Crippen LogP contribution in [0.3, 0.4) is 0 Å². The van der Waals surface area contributed by atoms with Gasteiger partial charge < -0.3 is 4.42 Å². The molecule has 0 unspecified atom stereocenters. The van der Waals surface area contributed by atoms with Crippen LogP contribution in [0.25, 0.3) is 88.9 Å². The van der Waals surface area contributed by atoms with Gasteiger partial charge in [-0.25, -0.2) is 15.0 Å². The van der Waals surface area contributed by atoms with E-state index < -0.39 is 0 Å². The van der Waals surface area contributed by atoms with Crippen molar-refractivity contribution in [2.24, 2.45) is 0 Å². The van der Waals surface area contributed by atoms with Crippen molar-refractivity contribution in [3.8, 4) is 45.2 Å². The molecule has 0 spiro atoms. The summed E-state index contributed by atoms with van der Waals surface area (Å²) >= 11 is 0. The summed E-state index contributed by atoms with van der Waals surface area (Å²) in [6, 6.07) is 47.3. The second-order valence-electron chi connectivity index (χ2n) is 11.1. The number of aromatic nitrogens is 4. The van der Waals surface area contributed by atoms with E-state index in [-0.39, 0.29) is 0 Å². The van der Waals surface area contributed by atoms with Crippen LogP contribution in [0.1, 0.15) is 0 Å². The molecule has 0 aliphatic carbocycles. The highest BCUT2D eigenvalue weighted by atomic mass is 16.3. The van der Waals surface area contributed by atoms with Crippen molar-refractivity contribution >= 4 is 43.7 Å². The third-order valence-electron chi connectivity index (χ3n) is 8.36. The van der Waals surface area contributed by atoms with Gasteiger partial charge in [0.2, 0.25) is 0 Å². The second kappa shape index (κ2) is 10.2. The molecule has 9 aromatic rings. The fourth-order valence-electron chi connectivity index (χ4n) is 6.13. The van der Waals surface area contributed by atoms with E-state index in [1.165, 1.54) is 5.39 Å². The number of benzene rings is 5. The first kappa shape index (κ1) is 25.3. The average molecular weight is 577 g/mol. The molecule has 0 radical (unpaired) electrons. The number of hydrogen-bond acceptors (Lipinski definition) is 5. The minimum Gasteiger partial charge on any atom is -0.452 e. The number of pyridine rings is 2. The van der Waals surface area contributed by atoms with E-state index in [9.17, 15) is 0 Å². The van der Waals surface area contributed by atoms with E-state index in [1.807, 2.05) is 54.7 Å².